The fourth-order valence-electron chi connectivity index (χ4n) is 8.94. The van der Waals surface area contributed by atoms with Crippen LogP contribution in [0.4, 0.5) is 17.1 Å². The number of benzene rings is 8. The van der Waals surface area contributed by atoms with E-state index >= 15 is 0 Å². The number of nitrogens with zero attached hydrogens (tertiary/aromatic N) is 1. The van der Waals surface area contributed by atoms with E-state index in [2.05, 4.69) is 183 Å². The van der Waals surface area contributed by atoms with E-state index in [0.717, 1.165) is 24.2 Å². The summed E-state index contributed by atoms with van der Waals surface area (Å²) in [6.45, 7) is 4.70. The molecule has 244 valence electrons. The zero-order valence-corrected chi connectivity index (χ0v) is 29.7. The molecule has 1 aliphatic carbocycles. The van der Waals surface area contributed by atoms with E-state index in [-0.39, 0.29) is 5.41 Å². The minimum absolute atomic E-state index is 0.00897. The van der Waals surface area contributed by atoms with Gasteiger partial charge < -0.3 is 4.90 Å². The number of thiophene rings is 1. The van der Waals surface area contributed by atoms with Crippen LogP contribution in [0.25, 0.3) is 64.0 Å². The SMILES string of the molecule is CCC1(CC)c2ccccc2-c2ccc(N(c3ccc(-c4cccc5c4ccc4c6ccccc6sc54)cc3)c3ccc4ccccc4c3)cc21. The van der Waals surface area contributed by atoms with Crippen LogP contribution in [0, 0.1) is 0 Å². The van der Waals surface area contributed by atoms with E-state index in [1.807, 2.05) is 11.3 Å². The molecule has 1 aliphatic rings. The van der Waals surface area contributed by atoms with Gasteiger partial charge in [0.25, 0.3) is 0 Å². The number of fused-ring (bicyclic) bond motifs is 9. The molecule has 0 saturated carbocycles. The first-order valence-electron chi connectivity index (χ1n) is 18.1. The van der Waals surface area contributed by atoms with Gasteiger partial charge in [0.1, 0.15) is 0 Å². The van der Waals surface area contributed by atoms with Crippen molar-refractivity contribution in [2.45, 2.75) is 32.1 Å². The molecule has 0 atom stereocenters. The highest BCUT2D eigenvalue weighted by atomic mass is 32.1. The van der Waals surface area contributed by atoms with Crippen LogP contribution < -0.4 is 4.90 Å². The molecule has 9 aromatic rings. The van der Waals surface area contributed by atoms with Gasteiger partial charge in [-0.3, -0.25) is 0 Å². The Balaban J connectivity index is 1.12. The molecule has 10 rings (SSSR count). The zero-order valence-electron chi connectivity index (χ0n) is 28.9. The molecule has 0 amide bonds. The Labute approximate surface area is 303 Å². The number of rotatable bonds is 6. The Morgan fingerprint density at radius 3 is 1.94 bits per heavy atom. The molecular weight excluding hydrogens is 635 g/mol. The van der Waals surface area contributed by atoms with Crippen molar-refractivity contribution in [2.75, 3.05) is 4.90 Å². The van der Waals surface area contributed by atoms with Gasteiger partial charge in [0.05, 0.1) is 0 Å². The fraction of sp³-hybridized carbons (Fsp3) is 0.102. The van der Waals surface area contributed by atoms with Gasteiger partial charge in [-0.25, -0.2) is 0 Å². The quantitative estimate of drug-likeness (QED) is 0.170. The summed E-state index contributed by atoms with van der Waals surface area (Å²) in [4.78, 5) is 2.44. The molecule has 0 bridgehead atoms. The van der Waals surface area contributed by atoms with Gasteiger partial charge in [-0.05, 0) is 105 Å². The molecule has 51 heavy (non-hydrogen) atoms. The minimum Gasteiger partial charge on any atom is -0.310 e. The highest BCUT2D eigenvalue weighted by molar-refractivity contribution is 7.26. The first-order valence-corrected chi connectivity index (χ1v) is 19.0. The summed E-state index contributed by atoms with van der Waals surface area (Å²) < 4.78 is 2.71. The summed E-state index contributed by atoms with van der Waals surface area (Å²) in [6, 6.07) is 61.1. The molecule has 0 N–H and O–H groups in total. The summed E-state index contributed by atoms with van der Waals surface area (Å²) in [5.41, 5.74) is 11.7. The van der Waals surface area contributed by atoms with Crippen molar-refractivity contribution in [3.05, 3.63) is 175 Å². The minimum atomic E-state index is 0.00897. The van der Waals surface area contributed by atoms with Crippen LogP contribution in [0.3, 0.4) is 0 Å². The lowest BCUT2D eigenvalue weighted by atomic mass is 9.74. The highest BCUT2D eigenvalue weighted by Crippen LogP contribution is 2.54. The molecule has 0 spiro atoms. The molecule has 0 fully saturated rings. The Bertz CT molecular complexity index is 2780. The van der Waals surface area contributed by atoms with E-state index in [0.29, 0.717) is 0 Å². The highest BCUT2D eigenvalue weighted by Gasteiger charge is 2.40. The van der Waals surface area contributed by atoms with Gasteiger partial charge in [-0.1, -0.05) is 135 Å². The van der Waals surface area contributed by atoms with Crippen molar-refractivity contribution < 1.29 is 0 Å². The molecule has 0 aliphatic heterocycles. The largest absolute Gasteiger partial charge is 0.310 e. The summed E-state index contributed by atoms with van der Waals surface area (Å²) >= 11 is 1.90. The Kier molecular flexibility index (Phi) is 6.91. The molecule has 1 nitrogen and oxygen atoms in total. The molecule has 8 aromatic carbocycles. The summed E-state index contributed by atoms with van der Waals surface area (Å²) in [6.07, 6.45) is 2.14. The average molecular weight is 672 g/mol. The topological polar surface area (TPSA) is 3.24 Å². The van der Waals surface area contributed by atoms with Gasteiger partial charge in [-0.2, -0.15) is 0 Å². The van der Waals surface area contributed by atoms with E-state index in [4.69, 9.17) is 0 Å². The predicted molar refractivity (Wildman–Crippen MR) is 221 cm³/mol. The fourth-order valence-corrected chi connectivity index (χ4v) is 10.2. The number of hydrogen-bond acceptors (Lipinski definition) is 2. The van der Waals surface area contributed by atoms with Crippen LogP contribution in [-0.4, -0.2) is 0 Å². The summed E-state index contributed by atoms with van der Waals surface area (Å²) in [7, 11) is 0. The standard InChI is InChI=1S/C49H37NS/c1-3-49(4-2)45-18-9-7-14-40(45)41-27-26-37(31-46(41)49)50(36-25-20-32-12-5-6-13-34(32)30-36)35-23-21-33(22-24-35)38-16-11-17-43-39(38)28-29-44-42-15-8-10-19-47(42)51-48(43)44/h5-31H,3-4H2,1-2H3. The molecule has 1 heterocycles. The second-order valence-electron chi connectivity index (χ2n) is 13.9. The zero-order chi connectivity index (χ0) is 34.1. The average Bonchev–Trinajstić information content (AvgIpc) is 3.71. The van der Waals surface area contributed by atoms with Crippen molar-refractivity contribution >= 4 is 70.1 Å². The third kappa shape index (κ3) is 4.53. The van der Waals surface area contributed by atoms with Gasteiger partial charge in [0.15, 0.2) is 0 Å². The predicted octanol–water partition coefficient (Wildman–Crippen LogP) is 14.6. The molecule has 0 saturated heterocycles. The summed E-state index contributed by atoms with van der Waals surface area (Å²) in [5.74, 6) is 0. The first-order chi connectivity index (χ1) is 25.2. The van der Waals surface area contributed by atoms with Gasteiger partial charge in [0.2, 0.25) is 0 Å². The monoisotopic (exact) mass is 671 g/mol. The maximum Gasteiger partial charge on any atom is 0.0468 e. The van der Waals surface area contributed by atoms with Crippen LogP contribution in [0.15, 0.2) is 164 Å². The maximum atomic E-state index is 2.48. The second kappa shape index (κ2) is 11.7. The van der Waals surface area contributed by atoms with Gasteiger partial charge in [0, 0.05) is 48.0 Å². The third-order valence-electron chi connectivity index (χ3n) is 11.5. The molecule has 2 heteroatoms. The lowest BCUT2D eigenvalue weighted by molar-refractivity contribution is 0.490. The van der Waals surface area contributed by atoms with Crippen LogP contribution in [0.5, 0.6) is 0 Å². The first kappa shape index (κ1) is 30.2. The summed E-state index contributed by atoms with van der Waals surface area (Å²) in [5, 5.41) is 7.79. The lowest BCUT2D eigenvalue weighted by Crippen LogP contribution is -2.23. The van der Waals surface area contributed by atoms with Crippen LogP contribution in [0.1, 0.15) is 37.8 Å². The number of anilines is 3. The van der Waals surface area contributed by atoms with E-state index in [1.165, 1.54) is 80.8 Å². The molecule has 0 unspecified atom stereocenters. The molecule has 0 radical (unpaired) electrons. The lowest BCUT2D eigenvalue weighted by Gasteiger charge is -2.32. The Morgan fingerprint density at radius 1 is 0.451 bits per heavy atom. The maximum absolute atomic E-state index is 2.48. The van der Waals surface area contributed by atoms with Crippen molar-refractivity contribution in [3.63, 3.8) is 0 Å². The van der Waals surface area contributed by atoms with Crippen molar-refractivity contribution in [1.29, 1.82) is 0 Å². The van der Waals surface area contributed by atoms with Gasteiger partial charge >= 0.3 is 0 Å². The number of hydrogen-bond donors (Lipinski definition) is 0. The Morgan fingerprint density at radius 2 is 1.08 bits per heavy atom. The van der Waals surface area contributed by atoms with E-state index in [9.17, 15) is 0 Å². The van der Waals surface area contributed by atoms with Crippen LogP contribution in [0.2, 0.25) is 0 Å². The van der Waals surface area contributed by atoms with Crippen molar-refractivity contribution in [1.82, 2.24) is 0 Å². The van der Waals surface area contributed by atoms with Crippen molar-refractivity contribution in [3.8, 4) is 22.3 Å². The van der Waals surface area contributed by atoms with Gasteiger partial charge in [-0.15, -0.1) is 11.3 Å². The van der Waals surface area contributed by atoms with Crippen LogP contribution in [-0.2, 0) is 5.41 Å². The normalized spacial score (nSPS) is 13.2. The molecular formula is C49H37NS. The Hall–Kier alpha value is -5.70. The van der Waals surface area contributed by atoms with E-state index in [1.54, 1.807) is 0 Å². The third-order valence-corrected chi connectivity index (χ3v) is 12.8. The smallest absolute Gasteiger partial charge is 0.0468 e. The van der Waals surface area contributed by atoms with E-state index < -0.39 is 0 Å². The van der Waals surface area contributed by atoms with Crippen LogP contribution >= 0.6 is 11.3 Å². The second-order valence-corrected chi connectivity index (χ2v) is 15.0. The molecule has 1 aromatic heterocycles. The van der Waals surface area contributed by atoms with Crippen molar-refractivity contribution in [2.24, 2.45) is 0 Å².